The Morgan fingerprint density at radius 3 is 2.55 bits per heavy atom. The molecule has 0 aliphatic heterocycles. The molecule has 0 radical (unpaired) electrons. The fourth-order valence-corrected chi connectivity index (χ4v) is 0.417. The van der Waals surface area contributed by atoms with Gasteiger partial charge in [-0.1, -0.05) is 0 Å². The molecule has 1 amide bonds. The van der Waals surface area contributed by atoms with E-state index in [1.54, 1.807) is 6.92 Å². The third-order valence-corrected chi connectivity index (χ3v) is 0.904. The Morgan fingerprint density at radius 2 is 2.09 bits per heavy atom. The predicted octanol–water partition coefficient (Wildman–Crippen LogP) is -0.148. The monoisotopic (exact) mass is 157 g/mol. The fourth-order valence-electron chi connectivity index (χ4n) is 0.417. The lowest BCUT2D eigenvalue weighted by Gasteiger charge is -1.93. The van der Waals surface area contributed by atoms with Crippen LogP contribution in [0, 0.1) is 0 Å². The first-order valence-corrected chi connectivity index (χ1v) is 3.27. The molecule has 0 aromatic rings. The van der Waals surface area contributed by atoms with Gasteiger partial charge in [0.05, 0.1) is 6.61 Å². The Bertz CT molecular complexity index is 175. The summed E-state index contributed by atoms with van der Waals surface area (Å²) in [7, 11) is 1.48. The summed E-state index contributed by atoms with van der Waals surface area (Å²) in [6.45, 7) is 2.02. The largest absolute Gasteiger partial charge is 0.463 e. The molecule has 0 saturated heterocycles. The van der Waals surface area contributed by atoms with Crippen LogP contribution < -0.4 is 5.32 Å². The first-order chi connectivity index (χ1) is 5.20. The van der Waals surface area contributed by atoms with Gasteiger partial charge in [-0.25, -0.2) is 4.79 Å². The summed E-state index contributed by atoms with van der Waals surface area (Å²) in [5.41, 5.74) is 0. The SMILES string of the molecule is CCOC(=O)/C=C\C(=O)NC. The van der Waals surface area contributed by atoms with E-state index < -0.39 is 5.97 Å². The van der Waals surface area contributed by atoms with Crippen LogP contribution in [0.1, 0.15) is 6.92 Å². The van der Waals surface area contributed by atoms with Crippen LogP contribution in [-0.2, 0) is 14.3 Å². The maximum atomic E-state index is 10.6. The Hall–Kier alpha value is -1.32. The number of nitrogens with one attached hydrogen (secondary N) is 1. The molecule has 0 aromatic heterocycles. The molecule has 0 rings (SSSR count). The highest BCUT2D eigenvalue weighted by molar-refractivity contribution is 5.94. The number of esters is 1. The zero-order valence-electron chi connectivity index (χ0n) is 6.59. The molecule has 0 unspecified atom stereocenters. The second-order valence-corrected chi connectivity index (χ2v) is 1.70. The molecule has 62 valence electrons. The highest BCUT2D eigenvalue weighted by Gasteiger charge is 1.94. The van der Waals surface area contributed by atoms with Gasteiger partial charge in [-0.15, -0.1) is 0 Å². The number of likely N-dealkylation sites (N-methyl/N-ethyl adjacent to an activating group) is 1. The molecule has 0 aromatic carbocycles. The van der Waals surface area contributed by atoms with Crippen LogP contribution >= 0.6 is 0 Å². The van der Waals surface area contributed by atoms with Crippen molar-refractivity contribution in [1.29, 1.82) is 0 Å². The van der Waals surface area contributed by atoms with Gasteiger partial charge in [0.1, 0.15) is 0 Å². The topological polar surface area (TPSA) is 55.4 Å². The van der Waals surface area contributed by atoms with Gasteiger partial charge in [0, 0.05) is 19.2 Å². The minimum Gasteiger partial charge on any atom is -0.463 e. The van der Waals surface area contributed by atoms with E-state index in [-0.39, 0.29) is 5.91 Å². The van der Waals surface area contributed by atoms with Gasteiger partial charge < -0.3 is 10.1 Å². The molecule has 4 nitrogen and oxygen atoms in total. The van der Waals surface area contributed by atoms with Crippen molar-refractivity contribution in [3.8, 4) is 0 Å². The number of hydrogen-bond donors (Lipinski definition) is 1. The molecule has 1 N–H and O–H groups in total. The van der Waals surface area contributed by atoms with Crippen molar-refractivity contribution in [2.24, 2.45) is 0 Å². The van der Waals surface area contributed by atoms with E-state index in [2.05, 4.69) is 10.1 Å². The highest BCUT2D eigenvalue weighted by atomic mass is 16.5. The zero-order chi connectivity index (χ0) is 8.69. The molecular weight excluding hydrogens is 146 g/mol. The summed E-state index contributed by atoms with van der Waals surface area (Å²) >= 11 is 0. The Labute approximate surface area is 65.2 Å². The van der Waals surface area contributed by atoms with Crippen molar-refractivity contribution in [2.75, 3.05) is 13.7 Å². The maximum absolute atomic E-state index is 10.6. The molecule has 0 spiro atoms. The molecular formula is C7H11NO3. The first kappa shape index (κ1) is 9.68. The summed E-state index contributed by atoms with van der Waals surface area (Å²) in [6, 6.07) is 0. The first-order valence-electron chi connectivity index (χ1n) is 3.27. The molecule has 4 heteroatoms. The third-order valence-electron chi connectivity index (χ3n) is 0.904. The molecule has 0 atom stereocenters. The second kappa shape index (κ2) is 5.46. The number of ether oxygens (including phenoxy) is 1. The van der Waals surface area contributed by atoms with Crippen LogP contribution in [0.5, 0.6) is 0 Å². The van der Waals surface area contributed by atoms with Gasteiger partial charge >= 0.3 is 5.97 Å². The van der Waals surface area contributed by atoms with Gasteiger partial charge in [-0.05, 0) is 6.92 Å². The van der Waals surface area contributed by atoms with E-state index in [4.69, 9.17) is 0 Å². The van der Waals surface area contributed by atoms with Crippen LogP contribution in [-0.4, -0.2) is 25.5 Å². The number of rotatable bonds is 3. The van der Waals surface area contributed by atoms with Crippen LogP contribution in [0.3, 0.4) is 0 Å². The van der Waals surface area contributed by atoms with Crippen molar-refractivity contribution >= 4 is 11.9 Å². The van der Waals surface area contributed by atoms with Crippen LogP contribution in [0.15, 0.2) is 12.2 Å². The van der Waals surface area contributed by atoms with Crippen molar-refractivity contribution in [3.63, 3.8) is 0 Å². The molecule has 11 heavy (non-hydrogen) atoms. The van der Waals surface area contributed by atoms with Gasteiger partial charge in [0.2, 0.25) is 5.91 Å². The summed E-state index contributed by atoms with van der Waals surface area (Å²) in [5, 5.41) is 2.33. The standard InChI is InChI=1S/C7H11NO3/c1-3-11-7(10)5-4-6(9)8-2/h4-5H,3H2,1-2H3,(H,8,9)/b5-4-. The van der Waals surface area contributed by atoms with Crippen LogP contribution in [0.4, 0.5) is 0 Å². The smallest absolute Gasteiger partial charge is 0.330 e. The minimum atomic E-state index is -0.504. The predicted molar refractivity (Wildman–Crippen MR) is 39.8 cm³/mol. The van der Waals surface area contributed by atoms with E-state index in [0.29, 0.717) is 6.61 Å². The van der Waals surface area contributed by atoms with E-state index >= 15 is 0 Å². The Morgan fingerprint density at radius 1 is 1.45 bits per heavy atom. The third kappa shape index (κ3) is 5.14. The van der Waals surface area contributed by atoms with Crippen molar-refractivity contribution < 1.29 is 14.3 Å². The number of carbonyl (C=O) groups excluding carboxylic acids is 2. The molecule has 0 aliphatic rings. The maximum Gasteiger partial charge on any atom is 0.330 e. The van der Waals surface area contributed by atoms with Crippen molar-refractivity contribution in [3.05, 3.63) is 12.2 Å². The normalized spacial score (nSPS) is 9.64. The van der Waals surface area contributed by atoms with Crippen molar-refractivity contribution in [2.45, 2.75) is 6.92 Å². The quantitative estimate of drug-likeness (QED) is 0.458. The number of carbonyl (C=O) groups is 2. The fraction of sp³-hybridized carbons (Fsp3) is 0.429. The Balaban J connectivity index is 3.73. The summed E-state index contributed by atoms with van der Waals surface area (Å²) in [4.78, 5) is 21.1. The van der Waals surface area contributed by atoms with E-state index in [1.807, 2.05) is 0 Å². The molecule has 0 saturated carbocycles. The second-order valence-electron chi connectivity index (χ2n) is 1.70. The van der Waals surface area contributed by atoms with E-state index in [0.717, 1.165) is 12.2 Å². The number of amides is 1. The average molecular weight is 157 g/mol. The lowest BCUT2D eigenvalue weighted by atomic mass is 10.5. The van der Waals surface area contributed by atoms with E-state index in [1.165, 1.54) is 7.05 Å². The lowest BCUT2D eigenvalue weighted by Crippen LogP contribution is -2.14. The molecule has 0 aliphatic carbocycles. The van der Waals surface area contributed by atoms with Gasteiger partial charge in [0.25, 0.3) is 0 Å². The van der Waals surface area contributed by atoms with Gasteiger partial charge in [-0.2, -0.15) is 0 Å². The summed E-state index contributed by atoms with van der Waals surface area (Å²) in [5.74, 6) is -0.825. The summed E-state index contributed by atoms with van der Waals surface area (Å²) in [6.07, 6.45) is 2.21. The van der Waals surface area contributed by atoms with Gasteiger partial charge in [-0.3, -0.25) is 4.79 Å². The van der Waals surface area contributed by atoms with Crippen LogP contribution in [0.25, 0.3) is 0 Å². The Kier molecular flexibility index (Phi) is 4.81. The molecule has 0 heterocycles. The van der Waals surface area contributed by atoms with Gasteiger partial charge in [0.15, 0.2) is 0 Å². The zero-order valence-corrected chi connectivity index (χ0v) is 6.59. The molecule has 0 bridgehead atoms. The lowest BCUT2D eigenvalue weighted by molar-refractivity contribution is -0.137. The average Bonchev–Trinajstić information content (AvgIpc) is 2.01. The van der Waals surface area contributed by atoms with E-state index in [9.17, 15) is 9.59 Å². The highest BCUT2D eigenvalue weighted by Crippen LogP contribution is 1.80. The summed E-state index contributed by atoms with van der Waals surface area (Å²) < 4.78 is 4.53. The van der Waals surface area contributed by atoms with Crippen LogP contribution in [0.2, 0.25) is 0 Å². The minimum absolute atomic E-state index is 0.316. The molecule has 0 fully saturated rings. The number of hydrogen-bond acceptors (Lipinski definition) is 3. The van der Waals surface area contributed by atoms with Crippen molar-refractivity contribution in [1.82, 2.24) is 5.32 Å².